The first-order valence-corrected chi connectivity index (χ1v) is 15.7. The molecule has 5 heterocycles. The quantitative estimate of drug-likeness (QED) is 0.380. The predicted octanol–water partition coefficient (Wildman–Crippen LogP) is 3.90. The normalized spacial score (nSPS) is 25.6. The van der Waals surface area contributed by atoms with Crippen molar-refractivity contribution in [1.29, 1.82) is 0 Å². The molecule has 1 unspecified atom stereocenters. The Balaban J connectivity index is 1.03. The highest BCUT2D eigenvalue weighted by atomic mass is 19.1. The maximum atomic E-state index is 15.3. The molecule has 1 N–H and O–H groups in total. The van der Waals surface area contributed by atoms with Gasteiger partial charge in [0, 0.05) is 63.2 Å². The van der Waals surface area contributed by atoms with E-state index in [0.29, 0.717) is 49.6 Å². The van der Waals surface area contributed by atoms with Crippen molar-refractivity contribution in [3.05, 3.63) is 70.7 Å². The van der Waals surface area contributed by atoms with Gasteiger partial charge in [0.2, 0.25) is 11.8 Å². The molecule has 11 heteroatoms. The number of pyridine rings is 1. The van der Waals surface area contributed by atoms with Crippen LogP contribution in [0.2, 0.25) is 0 Å². The Kier molecular flexibility index (Phi) is 8.24. The molecule has 0 radical (unpaired) electrons. The predicted molar refractivity (Wildman–Crippen MR) is 162 cm³/mol. The molecule has 0 bridgehead atoms. The van der Waals surface area contributed by atoms with E-state index in [1.807, 2.05) is 24.3 Å². The number of methoxy groups -OCH3 is 1. The fourth-order valence-corrected chi connectivity index (χ4v) is 7.13. The van der Waals surface area contributed by atoms with Crippen LogP contribution >= 0.6 is 0 Å². The van der Waals surface area contributed by atoms with Gasteiger partial charge in [0.15, 0.2) is 0 Å². The highest BCUT2D eigenvalue weighted by Crippen LogP contribution is 2.33. The molecule has 4 atom stereocenters. The number of nitrogens with zero attached hydrogens (tertiary/aromatic N) is 3. The first-order chi connectivity index (χ1) is 21.9. The Morgan fingerprint density at radius 1 is 1.07 bits per heavy atom. The van der Waals surface area contributed by atoms with Crippen molar-refractivity contribution in [2.75, 3.05) is 33.4 Å². The van der Waals surface area contributed by atoms with Crippen LogP contribution in [0.15, 0.2) is 42.5 Å². The van der Waals surface area contributed by atoms with Crippen molar-refractivity contribution in [2.24, 2.45) is 5.92 Å². The minimum atomic E-state index is -0.662. The molecule has 0 spiro atoms. The van der Waals surface area contributed by atoms with E-state index in [4.69, 9.17) is 14.2 Å². The fourth-order valence-electron chi connectivity index (χ4n) is 7.13. The van der Waals surface area contributed by atoms with Crippen molar-refractivity contribution in [3.8, 4) is 5.75 Å². The minimum Gasteiger partial charge on any atom is -0.489 e. The van der Waals surface area contributed by atoms with Crippen LogP contribution in [0.5, 0.6) is 5.75 Å². The maximum Gasteiger partial charge on any atom is 0.255 e. The van der Waals surface area contributed by atoms with Gasteiger partial charge in [0.05, 0.1) is 18.4 Å². The van der Waals surface area contributed by atoms with Gasteiger partial charge in [-0.2, -0.15) is 0 Å². The summed E-state index contributed by atoms with van der Waals surface area (Å²) in [5, 5.41) is 3.10. The molecule has 10 nitrogen and oxygen atoms in total. The Hall–Kier alpha value is -3.93. The Morgan fingerprint density at radius 2 is 1.96 bits per heavy atom. The van der Waals surface area contributed by atoms with E-state index in [2.05, 4.69) is 15.2 Å². The molecule has 3 amide bonds. The molecule has 0 saturated carbocycles. The monoisotopic (exact) mass is 616 g/mol. The fraction of sp³-hybridized carbons (Fsp3) is 0.471. The number of piperidine rings is 1. The van der Waals surface area contributed by atoms with Crippen molar-refractivity contribution >= 4 is 28.6 Å². The number of carbonyl (C=O) groups is 3. The van der Waals surface area contributed by atoms with Gasteiger partial charge in [-0.3, -0.25) is 24.6 Å². The number of hydrogen-bond donors (Lipinski definition) is 1. The standard InChI is InChI=1S/C34H37FN4O6/c1-43-19-23-16-38(15-20-12-21-5-8-27(29-4-2-3-11-44-29)36-32(21)26(35)13-20)18-30(23)45-24-6-7-25-22(14-24)17-39(34(25)42)28-9-10-31(40)37-33(28)41/h5-8,12-14,23,28-30H,2-4,9-11,15-19H2,1H3,(H,37,40,41)/t23-,28-,29?,30+/m0/s1. The van der Waals surface area contributed by atoms with Gasteiger partial charge < -0.3 is 19.1 Å². The number of likely N-dealkylation sites (tertiary alicyclic amines) is 1. The van der Waals surface area contributed by atoms with Gasteiger partial charge >= 0.3 is 0 Å². The van der Waals surface area contributed by atoms with Gasteiger partial charge in [-0.15, -0.1) is 0 Å². The zero-order chi connectivity index (χ0) is 31.1. The summed E-state index contributed by atoms with van der Waals surface area (Å²) in [7, 11) is 1.67. The summed E-state index contributed by atoms with van der Waals surface area (Å²) in [4.78, 5) is 45.5. The van der Waals surface area contributed by atoms with Crippen LogP contribution in [0.1, 0.15) is 65.4 Å². The summed E-state index contributed by atoms with van der Waals surface area (Å²) in [6.07, 6.45) is 3.33. The SMILES string of the molecule is COC[C@@H]1CN(Cc2cc(F)c3nc(C4CCCCO4)ccc3c2)C[C@H]1Oc1ccc2c(c1)CN([C@H]1CCC(=O)NC1=O)C2=O. The zero-order valence-electron chi connectivity index (χ0n) is 25.3. The highest BCUT2D eigenvalue weighted by molar-refractivity contribution is 6.05. The van der Waals surface area contributed by atoms with Crippen LogP contribution in [-0.2, 0) is 32.2 Å². The number of rotatable bonds is 8. The van der Waals surface area contributed by atoms with Crippen LogP contribution in [0.25, 0.3) is 10.9 Å². The van der Waals surface area contributed by atoms with E-state index < -0.39 is 11.9 Å². The van der Waals surface area contributed by atoms with E-state index >= 15 is 4.39 Å². The maximum absolute atomic E-state index is 15.3. The number of aromatic nitrogens is 1. The molecule has 3 saturated heterocycles. The van der Waals surface area contributed by atoms with Crippen LogP contribution in [0, 0.1) is 11.7 Å². The number of benzene rings is 2. The number of amides is 3. The molecule has 3 fully saturated rings. The Labute approximate surface area is 260 Å². The second-order valence-corrected chi connectivity index (χ2v) is 12.5. The number of carbonyl (C=O) groups excluding carboxylic acids is 3. The number of fused-ring (bicyclic) bond motifs is 2. The Morgan fingerprint density at radius 3 is 2.76 bits per heavy atom. The van der Waals surface area contributed by atoms with E-state index in [9.17, 15) is 14.4 Å². The van der Waals surface area contributed by atoms with E-state index in [1.54, 1.807) is 25.3 Å². The van der Waals surface area contributed by atoms with E-state index in [1.165, 1.54) is 4.90 Å². The van der Waals surface area contributed by atoms with Gasteiger partial charge in [0.1, 0.15) is 29.2 Å². The lowest BCUT2D eigenvalue weighted by Crippen LogP contribution is -2.52. The lowest BCUT2D eigenvalue weighted by molar-refractivity contribution is -0.136. The number of ether oxygens (including phenoxy) is 3. The molecular weight excluding hydrogens is 579 g/mol. The summed E-state index contributed by atoms with van der Waals surface area (Å²) >= 11 is 0. The molecule has 0 aliphatic carbocycles. The van der Waals surface area contributed by atoms with Crippen LogP contribution in [-0.4, -0.2) is 78.1 Å². The second-order valence-electron chi connectivity index (χ2n) is 12.5. The van der Waals surface area contributed by atoms with Gasteiger partial charge in [-0.25, -0.2) is 9.37 Å². The van der Waals surface area contributed by atoms with Crippen molar-refractivity contribution < 1.29 is 33.0 Å². The molecule has 236 valence electrons. The number of halogens is 1. The van der Waals surface area contributed by atoms with Crippen molar-refractivity contribution in [3.63, 3.8) is 0 Å². The highest BCUT2D eigenvalue weighted by Gasteiger charge is 2.40. The lowest BCUT2D eigenvalue weighted by Gasteiger charge is -2.29. The summed E-state index contributed by atoms with van der Waals surface area (Å²) in [6.45, 7) is 3.42. The number of nitrogens with one attached hydrogen (secondary N) is 1. The topological polar surface area (TPSA) is 110 Å². The largest absolute Gasteiger partial charge is 0.489 e. The first kappa shape index (κ1) is 29.8. The van der Waals surface area contributed by atoms with E-state index in [0.717, 1.165) is 48.0 Å². The Bertz CT molecular complexity index is 1640. The lowest BCUT2D eigenvalue weighted by atomic mass is 10.0. The van der Waals surface area contributed by atoms with Crippen molar-refractivity contribution in [2.45, 2.75) is 63.4 Å². The minimum absolute atomic E-state index is 0.0723. The summed E-state index contributed by atoms with van der Waals surface area (Å²) in [5.41, 5.74) is 3.36. The van der Waals surface area contributed by atoms with Gasteiger partial charge in [0.25, 0.3) is 5.91 Å². The second kappa shape index (κ2) is 12.5. The molecule has 2 aromatic carbocycles. The zero-order valence-corrected chi connectivity index (χ0v) is 25.3. The van der Waals surface area contributed by atoms with Gasteiger partial charge in [-0.05, 0) is 73.2 Å². The van der Waals surface area contributed by atoms with Gasteiger partial charge in [-0.1, -0.05) is 6.07 Å². The molecular formula is C34H37FN4O6. The molecule has 45 heavy (non-hydrogen) atoms. The molecule has 3 aromatic rings. The van der Waals surface area contributed by atoms with Crippen molar-refractivity contribution in [1.82, 2.24) is 20.1 Å². The smallest absolute Gasteiger partial charge is 0.255 e. The first-order valence-electron chi connectivity index (χ1n) is 15.7. The summed E-state index contributed by atoms with van der Waals surface area (Å²) in [6, 6.07) is 12.2. The van der Waals surface area contributed by atoms with Crippen LogP contribution < -0.4 is 10.1 Å². The average molecular weight is 617 g/mol. The number of imide groups is 1. The third-order valence-electron chi connectivity index (χ3n) is 9.36. The van der Waals surface area contributed by atoms with E-state index in [-0.39, 0.29) is 48.7 Å². The third kappa shape index (κ3) is 6.04. The third-order valence-corrected chi connectivity index (χ3v) is 9.36. The summed E-state index contributed by atoms with van der Waals surface area (Å²) in [5.74, 6) is -0.561. The number of hydrogen-bond acceptors (Lipinski definition) is 8. The average Bonchev–Trinajstić information content (AvgIpc) is 3.56. The molecule has 4 aliphatic rings. The summed E-state index contributed by atoms with van der Waals surface area (Å²) < 4.78 is 33.2. The molecule has 1 aromatic heterocycles. The molecule has 4 aliphatic heterocycles. The van der Waals surface area contributed by atoms with Crippen LogP contribution in [0.3, 0.4) is 0 Å². The molecule has 7 rings (SSSR count). The van der Waals surface area contributed by atoms with Crippen LogP contribution in [0.4, 0.5) is 4.39 Å².